The van der Waals surface area contributed by atoms with Crippen molar-refractivity contribution in [2.45, 2.75) is 31.7 Å². The number of carbonyl (C=O) groups is 3. The molecule has 2 aliphatic rings. The minimum atomic E-state index is -0.827. The van der Waals surface area contributed by atoms with Crippen LogP contribution >= 0.6 is 0 Å². The Kier molecular flexibility index (Phi) is 4.88. The van der Waals surface area contributed by atoms with Gasteiger partial charge in [-0.15, -0.1) is 0 Å². The molecule has 0 aliphatic carbocycles. The van der Waals surface area contributed by atoms with Crippen LogP contribution in [-0.4, -0.2) is 52.8 Å². The standard InChI is InChI=1S/C19H23N3O3/c1-2-12-22-17(24)19(20-18(22)25)10-13-21(14-11-19)16(23)9-8-15-6-4-3-5-7-15/h3-9H,2,10-14H2,1H3,(H,20,25). The maximum atomic E-state index is 12.6. The fraction of sp³-hybridized carbons (Fsp3) is 0.421. The van der Waals surface area contributed by atoms with E-state index in [2.05, 4.69) is 5.32 Å². The van der Waals surface area contributed by atoms with Crippen molar-refractivity contribution in [1.29, 1.82) is 0 Å². The Morgan fingerprint density at radius 2 is 1.88 bits per heavy atom. The van der Waals surface area contributed by atoms with Gasteiger partial charge >= 0.3 is 6.03 Å². The monoisotopic (exact) mass is 341 g/mol. The van der Waals surface area contributed by atoms with Crippen molar-refractivity contribution >= 4 is 23.9 Å². The Labute approximate surface area is 147 Å². The second-order valence-corrected chi connectivity index (χ2v) is 6.54. The number of nitrogens with zero attached hydrogens (tertiary/aromatic N) is 2. The van der Waals surface area contributed by atoms with Crippen molar-refractivity contribution in [1.82, 2.24) is 15.1 Å². The first-order chi connectivity index (χ1) is 12.1. The normalized spacial score (nSPS) is 19.7. The van der Waals surface area contributed by atoms with E-state index in [9.17, 15) is 14.4 Å². The lowest BCUT2D eigenvalue weighted by molar-refractivity contribution is -0.136. The van der Waals surface area contributed by atoms with E-state index < -0.39 is 5.54 Å². The van der Waals surface area contributed by atoms with Crippen LogP contribution in [-0.2, 0) is 9.59 Å². The first-order valence-corrected chi connectivity index (χ1v) is 8.72. The largest absolute Gasteiger partial charge is 0.339 e. The molecule has 2 saturated heterocycles. The zero-order chi connectivity index (χ0) is 17.9. The average molecular weight is 341 g/mol. The fourth-order valence-electron chi connectivity index (χ4n) is 3.39. The van der Waals surface area contributed by atoms with Gasteiger partial charge < -0.3 is 10.2 Å². The quantitative estimate of drug-likeness (QED) is 0.673. The fourth-order valence-corrected chi connectivity index (χ4v) is 3.39. The van der Waals surface area contributed by atoms with Crippen molar-refractivity contribution in [3.05, 3.63) is 42.0 Å². The van der Waals surface area contributed by atoms with E-state index in [1.165, 1.54) is 4.90 Å². The van der Waals surface area contributed by atoms with Gasteiger partial charge in [-0.1, -0.05) is 37.3 Å². The van der Waals surface area contributed by atoms with Crippen molar-refractivity contribution in [2.24, 2.45) is 0 Å². The van der Waals surface area contributed by atoms with Gasteiger partial charge in [0.05, 0.1) is 0 Å². The molecule has 2 heterocycles. The lowest BCUT2D eigenvalue weighted by atomic mass is 9.87. The summed E-state index contributed by atoms with van der Waals surface area (Å²) in [7, 11) is 0. The van der Waals surface area contributed by atoms with Crippen LogP contribution in [0.15, 0.2) is 36.4 Å². The van der Waals surface area contributed by atoms with Gasteiger partial charge in [-0.25, -0.2) is 4.79 Å². The summed E-state index contributed by atoms with van der Waals surface area (Å²) in [4.78, 5) is 40.0. The Morgan fingerprint density at radius 3 is 2.52 bits per heavy atom. The number of carbonyl (C=O) groups excluding carboxylic acids is 3. The van der Waals surface area contributed by atoms with Gasteiger partial charge in [0.15, 0.2) is 0 Å². The first kappa shape index (κ1) is 17.2. The van der Waals surface area contributed by atoms with E-state index in [4.69, 9.17) is 0 Å². The predicted octanol–water partition coefficient (Wildman–Crippen LogP) is 2.02. The number of likely N-dealkylation sites (tertiary alicyclic amines) is 1. The number of hydrogen-bond acceptors (Lipinski definition) is 3. The van der Waals surface area contributed by atoms with E-state index in [1.807, 2.05) is 37.3 Å². The molecule has 3 rings (SSSR count). The third-order valence-electron chi connectivity index (χ3n) is 4.84. The molecule has 2 aliphatic heterocycles. The molecule has 25 heavy (non-hydrogen) atoms. The van der Waals surface area contributed by atoms with Gasteiger partial charge in [0.25, 0.3) is 5.91 Å². The van der Waals surface area contributed by atoms with Gasteiger partial charge in [0.1, 0.15) is 5.54 Å². The van der Waals surface area contributed by atoms with Gasteiger partial charge in [0.2, 0.25) is 5.91 Å². The highest BCUT2D eigenvalue weighted by atomic mass is 16.2. The van der Waals surface area contributed by atoms with Crippen LogP contribution in [0.1, 0.15) is 31.7 Å². The molecule has 0 unspecified atom stereocenters. The molecule has 1 spiro atoms. The van der Waals surface area contributed by atoms with Crippen LogP contribution in [0, 0.1) is 0 Å². The average Bonchev–Trinajstić information content (AvgIpc) is 2.86. The molecule has 1 aromatic rings. The minimum absolute atomic E-state index is 0.0686. The maximum Gasteiger partial charge on any atom is 0.325 e. The lowest BCUT2D eigenvalue weighted by Gasteiger charge is -2.36. The van der Waals surface area contributed by atoms with Crippen LogP contribution in [0.5, 0.6) is 0 Å². The number of benzene rings is 1. The second-order valence-electron chi connectivity index (χ2n) is 6.54. The zero-order valence-corrected chi connectivity index (χ0v) is 14.4. The summed E-state index contributed by atoms with van der Waals surface area (Å²) in [6, 6.07) is 9.33. The molecule has 0 bridgehead atoms. The summed E-state index contributed by atoms with van der Waals surface area (Å²) in [5, 5.41) is 2.85. The number of amides is 4. The van der Waals surface area contributed by atoms with E-state index in [-0.39, 0.29) is 17.8 Å². The van der Waals surface area contributed by atoms with Crippen molar-refractivity contribution < 1.29 is 14.4 Å². The molecule has 4 amide bonds. The molecule has 6 heteroatoms. The molecule has 2 fully saturated rings. The van der Waals surface area contributed by atoms with Crippen molar-refractivity contribution in [3.8, 4) is 0 Å². The van der Waals surface area contributed by atoms with E-state index in [0.717, 1.165) is 12.0 Å². The molecular formula is C19H23N3O3. The van der Waals surface area contributed by atoms with Gasteiger partial charge in [-0.2, -0.15) is 0 Å². The molecular weight excluding hydrogens is 318 g/mol. The number of urea groups is 1. The summed E-state index contributed by atoms with van der Waals surface area (Å²) in [6.45, 7) is 3.30. The third-order valence-corrected chi connectivity index (χ3v) is 4.84. The van der Waals surface area contributed by atoms with Crippen molar-refractivity contribution in [2.75, 3.05) is 19.6 Å². The molecule has 0 aromatic heterocycles. The van der Waals surface area contributed by atoms with E-state index >= 15 is 0 Å². The Bertz CT molecular complexity index is 691. The molecule has 1 N–H and O–H groups in total. The third kappa shape index (κ3) is 3.43. The summed E-state index contributed by atoms with van der Waals surface area (Å²) < 4.78 is 0. The van der Waals surface area contributed by atoms with Crippen LogP contribution in [0.2, 0.25) is 0 Å². The lowest BCUT2D eigenvalue weighted by Crippen LogP contribution is -2.55. The number of imide groups is 1. The highest BCUT2D eigenvalue weighted by molar-refractivity contribution is 6.07. The second kappa shape index (κ2) is 7.09. The molecule has 1 aromatic carbocycles. The predicted molar refractivity (Wildman–Crippen MR) is 94.6 cm³/mol. The molecule has 0 saturated carbocycles. The Hall–Kier alpha value is -2.63. The Morgan fingerprint density at radius 1 is 1.20 bits per heavy atom. The number of hydrogen-bond donors (Lipinski definition) is 1. The van der Waals surface area contributed by atoms with Gasteiger partial charge in [0, 0.05) is 25.7 Å². The highest BCUT2D eigenvalue weighted by Gasteiger charge is 2.52. The van der Waals surface area contributed by atoms with Crippen LogP contribution < -0.4 is 5.32 Å². The molecule has 0 atom stereocenters. The van der Waals surface area contributed by atoms with E-state index in [0.29, 0.717) is 32.5 Å². The number of nitrogens with one attached hydrogen (secondary N) is 1. The molecule has 6 nitrogen and oxygen atoms in total. The summed E-state index contributed by atoms with van der Waals surface area (Å²) >= 11 is 0. The van der Waals surface area contributed by atoms with Gasteiger partial charge in [-0.05, 0) is 30.9 Å². The zero-order valence-electron chi connectivity index (χ0n) is 14.4. The summed E-state index contributed by atoms with van der Waals surface area (Å²) in [5.74, 6) is -0.216. The van der Waals surface area contributed by atoms with Gasteiger partial charge in [-0.3, -0.25) is 14.5 Å². The number of rotatable bonds is 4. The van der Waals surface area contributed by atoms with Crippen LogP contribution in [0.3, 0.4) is 0 Å². The summed E-state index contributed by atoms with van der Waals surface area (Å²) in [5.41, 5.74) is 0.143. The van der Waals surface area contributed by atoms with E-state index in [1.54, 1.807) is 17.1 Å². The number of piperidine rings is 1. The Balaban J connectivity index is 1.60. The molecule has 0 radical (unpaired) electrons. The van der Waals surface area contributed by atoms with Crippen molar-refractivity contribution in [3.63, 3.8) is 0 Å². The maximum absolute atomic E-state index is 12.6. The first-order valence-electron chi connectivity index (χ1n) is 8.72. The van der Waals surface area contributed by atoms with Crippen LogP contribution in [0.25, 0.3) is 6.08 Å². The highest BCUT2D eigenvalue weighted by Crippen LogP contribution is 2.29. The summed E-state index contributed by atoms with van der Waals surface area (Å²) in [6.07, 6.45) is 5.01. The topological polar surface area (TPSA) is 69.7 Å². The SMILES string of the molecule is CCCN1C(=O)NC2(CCN(C(=O)C=Cc3ccccc3)CC2)C1=O. The van der Waals surface area contributed by atoms with Crippen LogP contribution in [0.4, 0.5) is 4.79 Å². The smallest absolute Gasteiger partial charge is 0.325 e. The minimum Gasteiger partial charge on any atom is -0.339 e. The molecule has 132 valence electrons.